The fourth-order valence-corrected chi connectivity index (χ4v) is 5.43. The van der Waals surface area contributed by atoms with Gasteiger partial charge >= 0.3 is 0 Å². The van der Waals surface area contributed by atoms with Crippen molar-refractivity contribution in [3.63, 3.8) is 0 Å². The zero-order valence-corrected chi connectivity index (χ0v) is 21.4. The number of likely N-dealkylation sites (tertiary alicyclic amines) is 1. The first kappa shape index (κ1) is 24.4. The fourth-order valence-electron chi connectivity index (χ4n) is 4.10. The summed E-state index contributed by atoms with van der Waals surface area (Å²) >= 11 is 3.33. The van der Waals surface area contributed by atoms with Crippen molar-refractivity contribution in [2.24, 2.45) is 5.92 Å². The Morgan fingerprint density at radius 2 is 1.62 bits per heavy atom. The minimum Gasteiger partial charge on any atom is -0.322 e. The molecule has 3 aromatic carbocycles. The summed E-state index contributed by atoms with van der Waals surface area (Å²) in [5.74, 6) is 0.499. The number of carbonyl (C=O) groups is 1. The van der Waals surface area contributed by atoms with Gasteiger partial charge in [0.25, 0.3) is 15.9 Å². The van der Waals surface area contributed by atoms with Crippen LogP contribution in [0, 0.1) is 5.92 Å². The summed E-state index contributed by atoms with van der Waals surface area (Å²) in [4.78, 5) is 15.2. The quantitative estimate of drug-likeness (QED) is 0.400. The van der Waals surface area contributed by atoms with Crippen LogP contribution in [0.1, 0.15) is 35.7 Å². The smallest absolute Gasteiger partial charge is 0.261 e. The van der Waals surface area contributed by atoms with E-state index in [0.29, 0.717) is 16.9 Å². The van der Waals surface area contributed by atoms with E-state index < -0.39 is 10.0 Å². The molecule has 6 nitrogen and oxygen atoms in total. The van der Waals surface area contributed by atoms with Gasteiger partial charge in [-0.15, -0.1) is 0 Å². The van der Waals surface area contributed by atoms with Crippen molar-refractivity contribution in [3.05, 3.63) is 88.4 Å². The summed E-state index contributed by atoms with van der Waals surface area (Å²) in [5, 5.41) is 2.83. The molecule has 0 aromatic heterocycles. The van der Waals surface area contributed by atoms with Crippen LogP contribution in [-0.2, 0) is 16.6 Å². The van der Waals surface area contributed by atoms with Crippen LogP contribution in [0.25, 0.3) is 0 Å². The van der Waals surface area contributed by atoms with Crippen molar-refractivity contribution in [2.45, 2.75) is 31.2 Å². The molecule has 1 aliphatic heterocycles. The molecule has 0 unspecified atom stereocenters. The molecule has 4 rings (SSSR count). The Morgan fingerprint density at radius 1 is 0.971 bits per heavy atom. The standard InChI is InChI=1S/C26H28BrN3O3S/c1-19-3-2-16-30(17-19)18-20-4-6-21(7-5-20)26(31)28-23-12-14-25(15-13-23)34(32,33)29-24-10-8-22(27)9-11-24/h4-15,19,29H,2-3,16-18H2,1H3,(H,28,31)/t19-/m1/s1. The average molecular weight is 542 g/mol. The first-order chi connectivity index (χ1) is 16.3. The zero-order valence-electron chi connectivity index (χ0n) is 19.0. The van der Waals surface area contributed by atoms with Crippen molar-refractivity contribution >= 4 is 43.2 Å². The first-order valence-corrected chi connectivity index (χ1v) is 13.6. The number of hydrogen-bond donors (Lipinski definition) is 2. The van der Waals surface area contributed by atoms with Gasteiger partial charge in [-0.05, 0) is 91.5 Å². The highest BCUT2D eigenvalue weighted by atomic mass is 79.9. The number of nitrogens with one attached hydrogen (secondary N) is 2. The number of sulfonamides is 1. The lowest BCUT2D eigenvalue weighted by atomic mass is 9.99. The summed E-state index contributed by atoms with van der Waals surface area (Å²) in [7, 11) is -3.73. The molecule has 1 amide bonds. The van der Waals surface area contributed by atoms with Crippen molar-refractivity contribution in [3.8, 4) is 0 Å². The number of halogens is 1. The molecular formula is C26H28BrN3O3S. The van der Waals surface area contributed by atoms with E-state index in [1.165, 1.54) is 30.5 Å². The van der Waals surface area contributed by atoms with Crippen LogP contribution in [0.15, 0.2) is 82.2 Å². The number of piperidine rings is 1. The van der Waals surface area contributed by atoms with Crippen LogP contribution < -0.4 is 10.0 Å². The molecule has 3 aromatic rings. The monoisotopic (exact) mass is 541 g/mol. The second-order valence-electron chi connectivity index (χ2n) is 8.77. The van der Waals surface area contributed by atoms with Crippen LogP contribution in [0.5, 0.6) is 0 Å². The predicted molar refractivity (Wildman–Crippen MR) is 139 cm³/mol. The van der Waals surface area contributed by atoms with Gasteiger partial charge in [0.15, 0.2) is 0 Å². The summed E-state index contributed by atoms with van der Waals surface area (Å²) in [6.45, 7) is 5.43. The normalized spacial score (nSPS) is 16.7. The molecular weight excluding hydrogens is 514 g/mol. The van der Waals surface area contributed by atoms with E-state index >= 15 is 0 Å². The van der Waals surface area contributed by atoms with Crippen LogP contribution in [0.2, 0.25) is 0 Å². The molecule has 2 N–H and O–H groups in total. The molecule has 8 heteroatoms. The van der Waals surface area contributed by atoms with Crippen molar-refractivity contribution in [1.29, 1.82) is 0 Å². The van der Waals surface area contributed by atoms with Crippen LogP contribution >= 0.6 is 15.9 Å². The molecule has 178 valence electrons. The number of anilines is 2. The van der Waals surface area contributed by atoms with Gasteiger partial charge in [-0.2, -0.15) is 0 Å². The van der Waals surface area contributed by atoms with E-state index in [-0.39, 0.29) is 10.8 Å². The lowest BCUT2D eigenvalue weighted by Gasteiger charge is -2.30. The van der Waals surface area contributed by atoms with E-state index in [1.54, 1.807) is 36.4 Å². The molecule has 0 radical (unpaired) electrons. The second-order valence-corrected chi connectivity index (χ2v) is 11.4. The molecule has 1 heterocycles. The topological polar surface area (TPSA) is 78.5 Å². The SMILES string of the molecule is C[C@@H]1CCCN(Cc2ccc(C(=O)Nc3ccc(S(=O)(=O)Nc4ccc(Br)cc4)cc3)cc2)C1. The Labute approximate surface area is 209 Å². The number of benzene rings is 3. The third-order valence-corrected chi connectivity index (χ3v) is 7.81. The first-order valence-electron chi connectivity index (χ1n) is 11.3. The maximum Gasteiger partial charge on any atom is 0.261 e. The van der Waals surface area contributed by atoms with Gasteiger partial charge in [0.2, 0.25) is 0 Å². The van der Waals surface area contributed by atoms with E-state index in [1.807, 2.05) is 24.3 Å². The Balaban J connectivity index is 1.35. The maximum absolute atomic E-state index is 12.7. The Morgan fingerprint density at radius 3 is 2.26 bits per heavy atom. The van der Waals surface area contributed by atoms with E-state index in [0.717, 1.165) is 30.0 Å². The highest BCUT2D eigenvalue weighted by Crippen LogP contribution is 2.21. The number of nitrogens with zero attached hydrogens (tertiary/aromatic N) is 1. The van der Waals surface area contributed by atoms with Crippen molar-refractivity contribution in [2.75, 3.05) is 23.1 Å². The van der Waals surface area contributed by atoms with Gasteiger partial charge in [-0.3, -0.25) is 14.4 Å². The number of rotatable bonds is 7. The highest BCUT2D eigenvalue weighted by molar-refractivity contribution is 9.10. The van der Waals surface area contributed by atoms with Gasteiger partial charge < -0.3 is 5.32 Å². The third-order valence-electron chi connectivity index (χ3n) is 5.88. The van der Waals surface area contributed by atoms with Gasteiger partial charge in [0.1, 0.15) is 0 Å². The third kappa shape index (κ3) is 6.46. The predicted octanol–water partition coefficient (Wildman–Crippen LogP) is 5.73. The minimum atomic E-state index is -3.73. The molecule has 1 atom stereocenters. The maximum atomic E-state index is 12.7. The number of hydrogen-bond acceptors (Lipinski definition) is 4. The van der Waals surface area contributed by atoms with Crippen LogP contribution in [-0.4, -0.2) is 32.3 Å². The van der Waals surface area contributed by atoms with E-state index in [4.69, 9.17) is 0 Å². The summed E-state index contributed by atoms with van der Waals surface area (Å²) in [5.41, 5.74) is 2.75. The van der Waals surface area contributed by atoms with Crippen LogP contribution in [0.4, 0.5) is 11.4 Å². The Bertz CT molecular complexity index is 1230. The van der Waals surface area contributed by atoms with Gasteiger partial charge in [0, 0.05) is 34.5 Å². The van der Waals surface area contributed by atoms with Gasteiger partial charge in [-0.1, -0.05) is 35.0 Å². The lowest BCUT2D eigenvalue weighted by molar-refractivity contribution is 0.102. The highest BCUT2D eigenvalue weighted by Gasteiger charge is 2.17. The number of amides is 1. The van der Waals surface area contributed by atoms with Crippen molar-refractivity contribution in [1.82, 2.24) is 4.90 Å². The molecule has 0 saturated carbocycles. The summed E-state index contributed by atoms with van der Waals surface area (Å²) in [6, 6.07) is 20.6. The van der Waals surface area contributed by atoms with Gasteiger partial charge in [0.05, 0.1) is 4.90 Å². The second kappa shape index (κ2) is 10.7. The Hall–Kier alpha value is -2.68. The largest absolute Gasteiger partial charge is 0.322 e. The minimum absolute atomic E-state index is 0.116. The zero-order chi connectivity index (χ0) is 24.1. The summed E-state index contributed by atoms with van der Waals surface area (Å²) in [6.07, 6.45) is 2.53. The van der Waals surface area contributed by atoms with E-state index in [9.17, 15) is 13.2 Å². The molecule has 1 aliphatic rings. The van der Waals surface area contributed by atoms with Crippen LogP contribution in [0.3, 0.4) is 0 Å². The number of carbonyl (C=O) groups excluding carboxylic acids is 1. The Kier molecular flexibility index (Phi) is 7.70. The molecule has 0 aliphatic carbocycles. The molecule has 0 bridgehead atoms. The molecule has 0 spiro atoms. The molecule has 1 fully saturated rings. The average Bonchev–Trinajstić information content (AvgIpc) is 2.81. The van der Waals surface area contributed by atoms with E-state index in [2.05, 4.69) is 37.8 Å². The van der Waals surface area contributed by atoms with Crippen molar-refractivity contribution < 1.29 is 13.2 Å². The lowest BCUT2D eigenvalue weighted by Crippen LogP contribution is -2.33. The molecule has 1 saturated heterocycles. The molecule has 34 heavy (non-hydrogen) atoms. The summed E-state index contributed by atoms with van der Waals surface area (Å²) < 4.78 is 28.6. The van der Waals surface area contributed by atoms with Gasteiger partial charge in [-0.25, -0.2) is 8.42 Å². The fraction of sp³-hybridized carbons (Fsp3) is 0.269.